The van der Waals surface area contributed by atoms with Crippen molar-refractivity contribution in [3.05, 3.63) is 46.9 Å². The van der Waals surface area contributed by atoms with Gasteiger partial charge in [-0.3, -0.25) is 4.98 Å². The second kappa shape index (κ2) is 6.52. The van der Waals surface area contributed by atoms with Gasteiger partial charge in [0.2, 0.25) is 0 Å². The van der Waals surface area contributed by atoms with Gasteiger partial charge in [-0.05, 0) is 34.5 Å². The van der Waals surface area contributed by atoms with Gasteiger partial charge in [-0.15, -0.1) is 0 Å². The molecule has 0 radical (unpaired) electrons. The molecule has 0 aliphatic heterocycles. The van der Waals surface area contributed by atoms with Crippen molar-refractivity contribution in [2.75, 3.05) is 11.9 Å². The molecule has 0 aliphatic rings. The SMILES string of the molecule is CCCNc1cncc(Oc2cc(F)ccc2Br)c1. The Bertz CT molecular complexity index is 563. The lowest BCUT2D eigenvalue weighted by Crippen LogP contribution is -2.00. The predicted molar refractivity (Wildman–Crippen MR) is 77.2 cm³/mol. The number of anilines is 1. The standard InChI is InChI=1S/C14H14BrFN2O/c1-2-5-18-11-7-12(9-17-8-11)19-14-6-10(16)3-4-13(14)15/h3-4,6-9,18H,2,5H2,1H3. The van der Waals surface area contributed by atoms with Crippen molar-refractivity contribution >= 4 is 21.6 Å². The van der Waals surface area contributed by atoms with E-state index in [4.69, 9.17) is 4.74 Å². The Balaban J connectivity index is 2.16. The van der Waals surface area contributed by atoms with Crippen molar-refractivity contribution in [3.8, 4) is 11.5 Å². The molecule has 0 unspecified atom stereocenters. The van der Waals surface area contributed by atoms with Crippen LogP contribution < -0.4 is 10.1 Å². The minimum atomic E-state index is -0.341. The monoisotopic (exact) mass is 324 g/mol. The van der Waals surface area contributed by atoms with Gasteiger partial charge < -0.3 is 10.1 Å². The third kappa shape index (κ3) is 3.92. The molecule has 100 valence electrons. The van der Waals surface area contributed by atoms with E-state index in [-0.39, 0.29) is 5.82 Å². The number of nitrogens with one attached hydrogen (secondary N) is 1. The van der Waals surface area contributed by atoms with Crippen LogP contribution in [0.3, 0.4) is 0 Å². The summed E-state index contributed by atoms with van der Waals surface area (Å²) in [5.41, 5.74) is 0.881. The summed E-state index contributed by atoms with van der Waals surface area (Å²) in [5.74, 6) is 0.647. The Morgan fingerprint density at radius 2 is 2.16 bits per heavy atom. The van der Waals surface area contributed by atoms with Gasteiger partial charge in [0.05, 0.1) is 22.6 Å². The van der Waals surface area contributed by atoms with Gasteiger partial charge in [0.15, 0.2) is 0 Å². The Hall–Kier alpha value is -1.62. The van der Waals surface area contributed by atoms with E-state index < -0.39 is 0 Å². The summed E-state index contributed by atoms with van der Waals surface area (Å²) in [4.78, 5) is 4.09. The molecule has 3 nitrogen and oxygen atoms in total. The summed E-state index contributed by atoms with van der Waals surface area (Å²) in [7, 11) is 0. The lowest BCUT2D eigenvalue weighted by molar-refractivity contribution is 0.471. The Labute approximate surface area is 119 Å². The highest BCUT2D eigenvalue weighted by Crippen LogP contribution is 2.30. The van der Waals surface area contributed by atoms with Crippen LogP contribution in [0.15, 0.2) is 41.1 Å². The largest absolute Gasteiger partial charge is 0.454 e. The predicted octanol–water partition coefficient (Wildman–Crippen LogP) is 4.60. The van der Waals surface area contributed by atoms with Crippen LogP contribution in [0.5, 0.6) is 11.5 Å². The van der Waals surface area contributed by atoms with E-state index in [1.165, 1.54) is 12.1 Å². The van der Waals surface area contributed by atoms with Crippen LogP contribution in [0.2, 0.25) is 0 Å². The fourth-order valence-electron chi connectivity index (χ4n) is 1.52. The molecule has 0 amide bonds. The molecule has 1 heterocycles. The number of halogens is 2. The van der Waals surface area contributed by atoms with Gasteiger partial charge in [0.1, 0.15) is 17.3 Å². The molecule has 0 saturated carbocycles. The lowest BCUT2D eigenvalue weighted by Gasteiger charge is -2.09. The van der Waals surface area contributed by atoms with Gasteiger partial charge >= 0.3 is 0 Å². The number of aromatic nitrogens is 1. The second-order valence-corrected chi connectivity index (χ2v) is 4.87. The fraction of sp³-hybridized carbons (Fsp3) is 0.214. The van der Waals surface area contributed by atoms with Crippen LogP contribution in [-0.4, -0.2) is 11.5 Å². The summed E-state index contributed by atoms with van der Waals surface area (Å²) in [6.45, 7) is 2.96. The summed E-state index contributed by atoms with van der Waals surface area (Å²) >= 11 is 3.32. The highest BCUT2D eigenvalue weighted by Gasteiger charge is 2.05. The van der Waals surface area contributed by atoms with Gasteiger partial charge in [-0.25, -0.2) is 4.39 Å². The number of benzene rings is 1. The van der Waals surface area contributed by atoms with Crippen molar-refractivity contribution < 1.29 is 9.13 Å². The molecule has 19 heavy (non-hydrogen) atoms. The zero-order chi connectivity index (χ0) is 13.7. The molecule has 5 heteroatoms. The van der Waals surface area contributed by atoms with E-state index in [1.54, 1.807) is 18.5 Å². The Morgan fingerprint density at radius 1 is 1.32 bits per heavy atom. The smallest absolute Gasteiger partial charge is 0.147 e. The lowest BCUT2D eigenvalue weighted by atomic mass is 10.3. The van der Waals surface area contributed by atoms with Crippen LogP contribution >= 0.6 is 15.9 Å². The first-order valence-corrected chi connectivity index (χ1v) is 6.80. The molecule has 0 fully saturated rings. The first kappa shape index (κ1) is 13.8. The van der Waals surface area contributed by atoms with E-state index in [2.05, 4.69) is 33.2 Å². The molecule has 0 saturated heterocycles. The third-order valence-corrected chi connectivity index (χ3v) is 3.07. The molecule has 2 rings (SSSR count). The fourth-order valence-corrected chi connectivity index (χ4v) is 1.85. The van der Waals surface area contributed by atoms with Gasteiger partial charge in [0, 0.05) is 18.7 Å². The molecule has 0 atom stereocenters. The van der Waals surface area contributed by atoms with Crippen molar-refractivity contribution in [1.82, 2.24) is 4.98 Å². The van der Waals surface area contributed by atoms with Gasteiger partial charge in [0.25, 0.3) is 0 Å². The molecular formula is C14H14BrFN2O. The highest BCUT2D eigenvalue weighted by molar-refractivity contribution is 9.10. The summed E-state index contributed by atoms with van der Waals surface area (Å²) in [6, 6.07) is 6.14. The third-order valence-electron chi connectivity index (χ3n) is 2.41. The maximum absolute atomic E-state index is 13.2. The molecule has 0 aliphatic carbocycles. The van der Waals surface area contributed by atoms with Crippen LogP contribution in [0.1, 0.15) is 13.3 Å². The zero-order valence-electron chi connectivity index (χ0n) is 10.5. The van der Waals surface area contributed by atoms with Crippen LogP contribution in [0.25, 0.3) is 0 Å². The van der Waals surface area contributed by atoms with Crippen molar-refractivity contribution in [1.29, 1.82) is 0 Å². The maximum Gasteiger partial charge on any atom is 0.147 e. The summed E-state index contributed by atoms with van der Waals surface area (Å²) < 4.78 is 19.5. The van der Waals surface area contributed by atoms with E-state index >= 15 is 0 Å². The Morgan fingerprint density at radius 3 is 2.95 bits per heavy atom. The molecule has 0 spiro atoms. The summed E-state index contributed by atoms with van der Waals surface area (Å²) in [6.07, 6.45) is 4.35. The van der Waals surface area contributed by atoms with Crippen LogP contribution in [0, 0.1) is 5.82 Å². The summed E-state index contributed by atoms with van der Waals surface area (Å²) in [5, 5.41) is 3.22. The quantitative estimate of drug-likeness (QED) is 0.872. The van der Waals surface area contributed by atoms with E-state index in [0.717, 1.165) is 18.7 Å². The van der Waals surface area contributed by atoms with E-state index in [0.29, 0.717) is 16.0 Å². The normalized spacial score (nSPS) is 10.3. The topological polar surface area (TPSA) is 34.2 Å². The molecule has 1 aromatic heterocycles. The van der Waals surface area contributed by atoms with Crippen LogP contribution in [0.4, 0.5) is 10.1 Å². The number of ether oxygens (including phenoxy) is 1. The van der Waals surface area contributed by atoms with Crippen molar-refractivity contribution in [3.63, 3.8) is 0 Å². The van der Waals surface area contributed by atoms with E-state index in [1.807, 2.05) is 6.07 Å². The molecule has 1 aromatic carbocycles. The average molecular weight is 325 g/mol. The molecule has 2 aromatic rings. The van der Waals surface area contributed by atoms with Gasteiger partial charge in [-0.2, -0.15) is 0 Å². The number of rotatable bonds is 5. The van der Waals surface area contributed by atoms with Crippen molar-refractivity contribution in [2.45, 2.75) is 13.3 Å². The maximum atomic E-state index is 13.2. The Kier molecular flexibility index (Phi) is 4.74. The molecular weight excluding hydrogens is 311 g/mol. The first-order valence-electron chi connectivity index (χ1n) is 6.01. The van der Waals surface area contributed by atoms with Crippen molar-refractivity contribution in [2.24, 2.45) is 0 Å². The number of hydrogen-bond donors (Lipinski definition) is 1. The minimum Gasteiger partial charge on any atom is -0.454 e. The minimum absolute atomic E-state index is 0.341. The van der Waals surface area contributed by atoms with Crippen LogP contribution in [-0.2, 0) is 0 Å². The second-order valence-electron chi connectivity index (χ2n) is 4.01. The average Bonchev–Trinajstić information content (AvgIpc) is 2.41. The highest BCUT2D eigenvalue weighted by atomic mass is 79.9. The number of nitrogens with zero attached hydrogens (tertiary/aromatic N) is 1. The molecule has 1 N–H and O–H groups in total. The molecule has 0 bridgehead atoms. The van der Waals surface area contributed by atoms with E-state index in [9.17, 15) is 4.39 Å². The zero-order valence-corrected chi connectivity index (χ0v) is 12.1. The number of pyridine rings is 1. The first-order chi connectivity index (χ1) is 9.19. The number of hydrogen-bond acceptors (Lipinski definition) is 3. The van der Waals surface area contributed by atoms with Gasteiger partial charge in [-0.1, -0.05) is 6.92 Å².